The van der Waals surface area contributed by atoms with Crippen LogP contribution in [0, 0.1) is 0 Å². The number of nitrogens with one attached hydrogen (secondary N) is 2. The van der Waals surface area contributed by atoms with Crippen LogP contribution >= 0.6 is 11.6 Å². The van der Waals surface area contributed by atoms with E-state index < -0.39 is 0 Å². The Hall–Kier alpha value is -2.36. The Labute approximate surface area is 187 Å². The van der Waals surface area contributed by atoms with Crippen molar-refractivity contribution in [3.05, 3.63) is 28.8 Å². The Kier molecular flexibility index (Phi) is 6.64. The topological polar surface area (TPSA) is 89.5 Å². The number of hydrogen-bond donors (Lipinski definition) is 2. The molecule has 4 rings (SSSR count). The van der Waals surface area contributed by atoms with E-state index in [1.54, 1.807) is 23.1 Å². The van der Waals surface area contributed by atoms with Gasteiger partial charge in [-0.2, -0.15) is 0 Å². The van der Waals surface area contributed by atoms with Crippen LogP contribution in [-0.2, 0) is 11.3 Å². The van der Waals surface area contributed by atoms with Gasteiger partial charge in [0.1, 0.15) is 5.75 Å². The second-order valence-corrected chi connectivity index (χ2v) is 8.75. The molecule has 2 N–H and O–H groups in total. The molecule has 2 saturated heterocycles. The predicted octanol–water partition coefficient (Wildman–Crippen LogP) is 1.12. The largest absolute Gasteiger partial charge is 0.425 e. The number of rotatable bonds is 2. The van der Waals surface area contributed by atoms with Gasteiger partial charge in [0.25, 0.3) is 6.02 Å². The van der Waals surface area contributed by atoms with Crippen LogP contribution in [0.5, 0.6) is 5.75 Å². The lowest BCUT2D eigenvalue weighted by molar-refractivity contribution is -0.136. The van der Waals surface area contributed by atoms with E-state index in [9.17, 15) is 9.59 Å². The first-order valence-corrected chi connectivity index (χ1v) is 11.1. The van der Waals surface area contributed by atoms with Crippen molar-refractivity contribution in [1.82, 2.24) is 25.3 Å². The number of carbonyl (C=O) groups is 2. The number of hydrogen-bond acceptors (Lipinski definition) is 6. The van der Waals surface area contributed by atoms with E-state index >= 15 is 0 Å². The molecule has 9 nitrogen and oxygen atoms in total. The van der Waals surface area contributed by atoms with Crippen molar-refractivity contribution >= 4 is 29.6 Å². The summed E-state index contributed by atoms with van der Waals surface area (Å²) < 4.78 is 5.67. The molecular weight excluding hydrogens is 420 g/mol. The molecular formula is C21H29ClN6O3. The minimum absolute atomic E-state index is 0.112. The first-order chi connectivity index (χ1) is 14.9. The molecule has 0 aromatic heterocycles. The highest BCUT2D eigenvalue weighted by Crippen LogP contribution is 2.26. The van der Waals surface area contributed by atoms with E-state index in [0.29, 0.717) is 49.5 Å². The molecule has 1 atom stereocenters. The van der Waals surface area contributed by atoms with Gasteiger partial charge in [-0.15, -0.1) is 0 Å². The number of amides is 3. The third-order valence-electron chi connectivity index (χ3n) is 5.95. The van der Waals surface area contributed by atoms with Gasteiger partial charge in [-0.3, -0.25) is 15.0 Å². The number of nitrogens with zero attached hydrogens (tertiary/aromatic N) is 4. The van der Waals surface area contributed by atoms with Crippen molar-refractivity contribution < 1.29 is 14.3 Å². The highest BCUT2D eigenvalue weighted by molar-refractivity contribution is 6.30. The summed E-state index contributed by atoms with van der Waals surface area (Å²) in [6.07, 6.45) is 0. The quantitative estimate of drug-likeness (QED) is 0.707. The number of aliphatic imine (C=N–C) groups is 1. The number of carbonyl (C=O) groups excluding carboxylic acids is 2. The summed E-state index contributed by atoms with van der Waals surface area (Å²) >= 11 is 5.99. The van der Waals surface area contributed by atoms with Crippen LogP contribution in [0.1, 0.15) is 19.4 Å². The average molecular weight is 449 g/mol. The highest BCUT2D eigenvalue weighted by atomic mass is 35.5. The molecule has 1 aromatic carbocycles. The standard InChI is InChI=1S/C21H29ClN6O3/c1-14(2)28-6-5-23-17(13-28)19(29)26-7-9-27(10-8-26)21(30)25-20-24-12-15-11-16(22)3-4-18(15)31-20/h3-4,11,14,17,23H,5-10,12-13H2,1-2H3,(H,24,25,30)/t17-/m1/s1. The first kappa shape index (κ1) is 21.9. The zero-order valence-electron chi connectivity index (χ0n) is 17.9. The Morgan fingerprint density at radius 2 is 1.94 bits per heavy atom. The fraction of sp³-hybridized carbons (Fsp3) is 0.571. The molecule has 3 heterocycles. The van der Waals surface area contributed by atoms with Crippen LogP contribution in [0.15, 0.2) is 23.2 Å². The normalized spacial score (nSPS) is 21.9. The maximum atomic E-state index is 12.9. The van der Waals surface area contributed by atoms with Crippen molar-refractivity contribution in [1.29, 1.82) is 0 Å². The number of halogens is 1. The number of ether oxygens (including phenoxy) is 1. The van der Waals surface area contributed by atoms with Crippen molar-refractivity contribution in [3.63, 3.8) is 0 Å². The third-order valence-corrected chi connectivity index (χ3v) is 6.18. The van der Waals surface area contributed by atoms with Crippen molar-refractivity contribution in [3.8, 4) is 5.75 Å². The lowest BCUT2D eigenvalue weighted by Crippen LogP contribution is -2.62. The van der Waals surface area contributed by atoms with Crippen LogP contribution < -0.4 is 15.4 Å². The fourth-order valence-electron chi connectivity index (χ4n) is 4.06. The van der Waals surface area contributed by atoms with E-state index in [0.717, 1.165) is 25.2 Å². The van der Waals surface area contributed by atoms with Gasteiger partial charge < -0.3 is 19.9 Å². The summed E-state index contributed by atoms with van der Waals surface area (Å²) in [5.41, 5.74) is 0.880. The van der Waals surface area contributed by atoms with E-state index in [1.807, 2.05) is 4.90 Å². The van der Waals surface area contributed by atoms with Gasteiger partial charge in [-0.1, -0.05) is 11.6 Å². The molecule has 0 aliphatic carbocycles. The molecule has 1 aromatic rings. The maximum absolute atomic E-state index is 12.9. The Morgan fingerprint density at radius 1 is 1.19 bits per heavy atom. The van der Waals surface area contributed by atoms with Gasteiger partial charge in [0, 0.05) is 62.4 Å². The van der Waals surface area contributed by atoms with Gasteiger partial charge in [0.2, 0.25) is 5.91 Å². The molecule has 31 heavy (non-hydrogen) atoms. The molecule has 3 amide bonds. The van der Waals surface area contributed by atoms with E-state index in [4.69, 9.17) is 16.3 Å². The van der Waals surface area contributed by atoms with Crippen LogP contribution in [0.25, 0.3) is 0 Å². The van der Waals surface area contributed by atoms with Crippen LogP contribution in [0.2, 0.25) is 5.02 Å². The Balaban J connectivity index is 1.26. The minimum atomic E-state index is -0.273. The zero-order valence-corrected chi connectivity index (χ0v) is 18.7. The highest BCUT2D eigenvalue weighted by Gasteiger charge is 2.32. The first-order valence-electron chi connectivity index (χ1n) is 10.7. The molecule has 0 unspecified atom stereocenters. The molecule has 10 heteroatoms. The summed E-state index contributed by atoms with van der Waals surface area (Å²) in [6, 6.07) is 5.45. The molecule has 0 bridgehead atoms. The molecule has 0 radical (unpaired) electrons. The molecule has 3 aliphatic heterocycles. The fourth-order valence-corrected chi connectivity index (χ4v) is 4.25. The minimum Gasteiger partial charge on any atom is -0.425 e. The van der Waals surface area contributed by atoms with E-state index in [1.165, 1.54) is 0 Å². The number of amidine groups is 1. The molecule has 168 valence electrons. The Bertz CT molecular complexity index is 869. The number of fused-ring (bicyclic) bond motifs is 1. The molecule has 2 fully saturated rings. The van der Waals surface area contributed by atoms with Gasteiger partial charge in [0.15, 0.2) is 0 Å². The van der Waals surface area contributed by atoms with Gasteiger partial charge in [0.05, 0.1) is 12.6 Å². The van der Waals surface area contributed by atoms with Crippen molar-refractivity contribution in [2.24, 2.45) is 4.99 Å². The number of piperazine rings is 2. The third kappa shape index (κ3) is 5.11. The molecule has 0 saturated carbocycles. The van der Waals surface area contributed by atoms with Gasteiger partial charge in [-0.25, -0.2) is 9.79 Å². The van der Waals surface area contributed by atoms with Gasteiger partial charge in [-0.05, 0) is 32.0 Å². The van der Waals surface area contributed by atoms with E-state index in [-0.39, 0.29) is 24.0 Å². The lowest BCUT2D eigenvalue weighted by Gasteiger charge is -2.40. The van der Waals surface area contributed by atoms with Gasteiger partial charge >= 0.3 is 6.03 Å². The van der Waals surface area contributed by atoms with Crippen LogP contribution in [-0.4, -0.2) is 90.6 Å². The van der Waals surface area contributed by atoms with Crippen molar-refractivity contribution in [2.75, 3.05) is 45.8 Å². The number of urea groups is 1. The number of benzene rings is 1. The summed E-state index contributed by atoms with van der Waals surface area (Å²) in [6.45, 7) is 9.16. The monoisotopic (exact) mass is 448 g/mol. The zero-order chi connectivity index (χ0) is 22.0. The molecule has 3 aliphatic rings. The Morgan fingerprint density at radius 3 is 2.68 bits per heavy atom. The second-order valence-electron chi connectivity index (χ2n) is 8.31. The van der Waals surface area contributed by atoms with E-state index in [2.05, 4.69) is 34.4 Å². The lowest BCUT2D eigenvalue weighted by atomic mass is 10.1. The van der Waals surface area contributed by atoms with Crippen LogP contribution in [0.3, 0.4) is 0 Å². The predicted molar refractivity (Wildman–Crippen MR) is 118 cm³/mol. The maximum Gasteiger partial charge on any atom is 0.325 e. The summed E-state index contributed by atoms with van der Waals surface area (Å²) in [4.78, 5) is 35.7. The summed E-state index contributed by atoms with van der Waals surface area (Å²) in [7, 11) is 0. The second kappa shape index (κ2) is 9.42. The average Bonchev–Trinajstić information content (AvgIpc) is 2.79. The molecule has 0 spiro atoms. The SMILES string of the molecule is CC(C)N1CCN[C@@H](C(=O)N2CCN(C(=O)NC3=NCc4cc(Cl)ccc4O3)CC2)C1. The summed E-state index contributed by atoms with van der Waals surface area (Å²) in [5, 5.41) is 6.69. The van der Waals surface area contributed by atoms with Crippen LogP contribution in [0.4, 0.5) is 4.79 Å². The van der Waals surface area contributed by atoms with Crippen molar-refractivity contribution in [2.45, 2.75) is 32.5 Å². The summed E-state index contributed by atoms with van der Waals surface area (Å²) in [5.74, 6) is 0.751. The smallest absolute Gasteiger partial charge is 0.325 e.